The molecule has 102 valence electrons. The van der Waals surface area contributed by atoms with E-state index in [1.54, 1.807) is 17.1 Å². The Morgan fingerprint density at radius 3 is 2.53 bits per heavy atom. The molecule has 0 radical (unpaired) electrons. The molecule has 0 aliphatic rings. The van der Waals surface area contributed by atoms with E-state index in [0.717, 1.165) is 11.6 Å². The van der Waals surface area contributed by atoms with Crippen molar-refractivity contribution in [1.29, 1.82) is 0 Å². The summed E-state index contributed by atoms with van der Waals surface area (Å²) in [7, 11) is 0. The average molecular weight is 270 g/mol. The van der Waals surface area contributed by atoms with Gasteiger partial charge < -0.3 is 5.73 Å². The van der Waals surface area contributed by atoms with Crippen LogP contribution in [0.1, 0.15) is 29.8 Å². The van der Waals surface area contributed by atoms with Crippen LogP contribution in [-0.2, 0) is 12.7 Å². The highest BCUT2D eigenvalue weighted by molar-refractivity contribution is 5.20. The van der Waals surface area contributed by atoms with E-state index in [-0.39, 0.29) is 6.04 Å². The molecule has 0 fully saturated rings. The lowest BCUT2D eigenvalue weighted by Gasteiger charge is -2.13. The molecule has 19 heavy (non-hydrogen) atoms. The second-order valence-electron chi connectivity index (χ2n) is 4.18. The summed E-state index contributed by atoms with van der Waals surface area (Å²) < 4.78 is 38.8. The van der Waals surface area contributed by atoms with Crippen molar-refractivity contribution in [2.75, 3.05) is 0 Å². The highest BCUT2D eigenvalue weighted by Crippen LogP contribution is 2.28. The molecule has 0 aromatic carbocycles. The lowest BCUT2D eigenvalue weighted by Crippen LogP contribution is -2.11. The van der Waals surface area contributed by atoms with Crippen molar-refractivity contribution in [2.24, 2.45) is 5.73 Å². The van der Waals surface area contributed by atoms with Crippen LogP contribution in [0.2, 0.25) is 0 Å². The van der Waals surface area contributed by atoms with Gasteiger partial charge in [0.15, 0.2) is 0 Å². The number of hydrogen-bond acceptors (Lipinski definition) is 3. The molecule has 0 aliphatic carbocycles. The molecule has 1 unspecified atom stereocenters. The van der Waals surface area contributed by atoms with E-state index in [4.69, 9.17) is 5.73 Å². The molecule has 1 atom stereocenters. The lowest BCUT2D eigenvalue weighted by atomic mass is 10.1. The molecule has 2 aromatic heterocycles. The predicted molar refractivity (Wildman–Crippen MR) is 63.2 cm³/mol. The van der Waals surface area contributed by atoms with Gasteiger partial charge in [-0.15, -0.1) is 0 Å². The summed E-state index contributed by atoms with van der Waals surface area (Å²) in [6.07, 6.45) is 0.202. The predicted octanol–water partition coefficient (Wildman–Crippen LogP) is 2.36. The van der Waals surface area contributed by atoms with Gasteiger partial charge >= 0.3 is 6.18 Å². The molecule has 0 spiro atoms. The summed E-state index contributed by atoms with van der Waals surface area (Å²) in [5.41, 5.74) is 6.10. The number of halogens is 3. The third-order valence-electron chi connectivity index (χ3n) is 2.85. The van der Waals surface area contributed by atoms with Crippen LogP contribution in [0.3, 0.4) is 0 Å². The normalized spacial score (nSPS) is 13.5. The van der Waals surface area contributed by atoms with Crippen LogP contribution < -0.4 is 5.73 Å². The fourth-order valence-corrected chi connectivity index (χ4v) is 1.67. The van der Waals surface area contributed by atoms with Crippen LogP contribution in [0.15, 0.2) is 30.7 Å². The fourth-order valence-electron chi connectivity index (χ4n) is 1.67. The number of nitrogens with zero attached hydrogens (tertiary/aromatic N) is 3. The number of rotatable bonds is 3. The zero-order valence-electron chi connectivity index (χ0n) is 10.2. The van der Waals surface area contributed by atoms with E-state index in [0.29, 0.717) is 12.1 Å². The fraction of sp³-hybridized carbons (Fsp3) is 0.333. The van der Waals surface area contributed by atoms with Gasteiger partial charge in [-0.05, 0) is 18.6 Å². The Morgan fingerprint density at radius 2 is 2.05 bits per heavy atom. The molecule has 0 saturated heterocycles. The Kier molecular flexibility index (Phi) is 3.57. The van der Waals surface area contributed by atoms with Gasteiger partial charge in [0.2, 0.25) is 0 Å². The Bertz CT molecular complexity index is 545. The van der Waals surface area contributed by atoms with Crippen molar-refractivity contribution >= 4 is 0 Å². The zero-order valence-corrected chi connectivity index (χ0v) is 10.2. The number of pyridine rings is 1. The van der Waals surface area contributed by atoms with E-state index < -0.39 is 11.9 Å². The molecular weight excluding hydrogens is 257 g/mol. The summed E-state index contributed by atoms with van der Waals surface area (Å²) in [6.45, 7) is 2.20. The monoisotopic (exact) mass is 270 g/mol. The van der Waals surface area contributed by atoms with Crippen molar-refractivity contribution in [3.05, 3.63) is 47.5 Å². The molecule has 0 saturated carbocycles. The second kappa shape index (κ2) is 5.00. The van der Waals surface area contributed by atoms with E-state index in [9.17, 15) is 13.2 Å². The first-order valence-corrected chi connectivity index (χ1v) is 5.68. The molecule has 2 N–H and O–H groups in total. The van der Waals surface area contributed by atoms with E-state index >= 15 is 0 Å². The molecule has 0 bridgehead atoms. The van der Waals surface area contributed by atoms with Gasteiger partial charge in [0.25, 0.3) is 0 Å². The highest BCUT2D eigenvalue weighted by atomic mass is 19.4. The minimum Gasteiger partial charge on any atom is -0.326 e. The maximum absolute atomic E-state index is 12.4. The van der Waals surface area contributed by atoms with Crippen LogP contribution in [0.5, 0.6) is 0 Å². The van der Waals surface area contributed by atoms with Crippen LogP contribution in [0, 0.1) is 0 Å². The zero-order chi connectivity index (χ0) is 14.0. The van der Waals surface area contributed by atoms with Crippen LogP contribution >= 0.6 is 0 Å². The number of nitrogens with two attached hydrogens (primary N) is 1. The lowest BCUT2D eigenvalue weighted by molar-refractivity contribution is -0.141. The van der Waals surface area contributed by atoms with Crippen LogP contribution in [-0.4, -0.2) is 14.8 Å². The third-order valence-corrected chi connectivity index (χ3v) is 2.85. The first-order valence-electron chi connectivity index (χ1n) is 5.68. The Hall–Kier alpha value is -1.89. The van der Waals surface area contributed by atoms with Crippen molar-refractivity contribution in [1.82, 2.24) is 14.8 Å². The molecule has 7 heteroatoms. The summed E-state index contributed by atoms with van der Waals surface area (Å²) in [5, 5.41) is 4.12. The van der Waals surface area contributed by atoms with Gasteiger partial charge in [-0.3, -0.25) is 9.67 Å². The maximum Gasteiger partial charge on any atom is 0.433 e. The molecule has 2 aromatic rings. The molecule has 2 heterocycles. The van der Waals surface area contributed by atoms with Crippen molar-refractivity contribution in [3.63, 3.8) is 0 Å². The standard InChI is InChI=1S/C12H13F3N4/c1-8(19-7-9(4-16)5-18-19)10-2-3-11(17-6-10)12(13,14)15/h2-3,5-8H,4,16H2,1H3. The smallest absolute Gasteiger partial charge is 0.326 e. The first kappa shape index (κ1) is 13.5. The topological polar surface area (TPSA) is 56.7 Å². The van der Waals surface area contributed by atoms with Gasteiger partial charge in [-0.25, -0.2) is 0 Å². The quantitative estimate of drug-likeness (QED) is 0.931. The van der Waals surface area contributed by atoms with Gasteiger partial charge in [0.05, 0.1) is 12.2 Å². The van der Waals surface area contributed by atoms with E-state index in [1.807, 2.05) is 6.92 Å². The largest absolute Gasteiger partial charge is 0.433 e. The SMILES string of the molecule is CC(c1ccc(C(F)(F)F)nc1)n1cc(CN)cn1. The van der Waals surface area contributed by atoms with Crippen molar-refractivity contribution in [2.45, 2.75) is 25.7 Å². The molecule has 2 rings (SSSR count). The summed E-state index contributed by atoms with van der Waals surface area (Å²) >= 11 is 0. The van der Waals surface area contributed by atoms with Crippen molar-refractivity contribution in [3.8, 4) is 0 Å². The first-order chi connectivity index (χ1) is 8.91. The number of alkyl halides is 3. The number of hydrogen-bond donors (Lipinski definition) is 1. The third kappa shape index (κ3) is 2.93. The van der Waals surface area contributed by atoms with Gasteiger partial charge in [-0.2, -0.15) is 18.3 Å². The van der Waals surface area contributed by atoms with Gasteiger partial charge in [-0.1, -0.05) is 6.07 Å². The second-order valence-corrected chi connectivity index (χ2v) is 4.18. The number of aromatic nitrogens is 3. The van der Waals surface area contributed by atoms with E-state index in [1.165, 1.54) is 12.3 Å². The average Bonchev–Trinajstić information content (AvgIpc) is 2.86. The van der Waals surface area contributed by atoms with E-state index in [2.05, 4.69) is 10.1 Å². The van der Waals surface area contributed by atoms with Crippen LogP contribution in [0.4, 0.5) is 13.2 Å². The highest BCUT2D eigenvalue weighted by Gasteiger charge is 2.32. The summed E-state index contributed by atoms with van der Waals surface area (Å²) in [4.78, 5) is 3.43. The molecule has 0 aliphatic heterocycles. The van der Waals surface area contributed by atoms with Crippen LogP contribution in [0.25, 0.3) is 0 Å². The molecule has 0 amide bonds. The van der Waals surface area contributed by atoms with Gasteiger partial charge in [0, 0.05) is 24.5 Å². The Labute approximate surface area is 108 Å². The Morgan fingerprint density at radius 1 is 1.32 bits per heavy atom. The Balaban J connectivity index is 2.22. The summed E-state index contributed by atoms with van der Waals surface area (Å²) in [6, 6.07) is 2.18. The minimum absolute atomic E-state index is 0.199. The minimum atomic E-state index is -4.42. The molecular formula is C12H13F3N4. The maximum atomic E-state index is 12.4. The van der Waals surface area contributed by atoms with Crippen molar-refractivity contribution < 1.29 is 13.2 Å². The molecule has 4 nitrogen and oxygen atoms in total. The van der Waals surface area contributed by atoms with Gasteiger partial charge in [0.1, 0.15) is 5.69 Å². The summed E-state index contributed by atoms with van der Waals surface area (Å²) in [5.74, 6) is 0.